The van der Waals surface area contributed by atoms with Gasteiger partial charge in [0.25, 0.3) is 0 Å². The molecule has 0 fully saturated rings. The number of hydrogen-bond donors (Lipinski definition) is 1. The zero-order valence-corrected chi connectivity index (χ0v) is 14.3. The molecule has 0 amide bonds. The smallest absolute Gasteiger partial charge is 0.0776 e. The molecule has 108 valence electrons. The molecule has 2 aliphatic heterocycles. The Kier molecular flexibility index (Phi) is 2.58. The number of rotatable bonds is 1. The fraction of sp³-hybridized carbons (Fsp3) is 0.368. The second-order valence-corrected chi connectivity index (χ2v) is 12.8. The maximum absolute atomic E-state index is 3.88. The molecule has 0 saturated carbocycles. The van der Waals surface area contributed by atoms with Crippen molar-refractivity contribution in [3.8, 4) is 0 Å². The van der Waals surface area contributed by atoms with Crippen molar-refractivity contribution < 1.29 is 0 Å². The maximum Gasteiger partial charge on any atom is 0.0776 e. The van der Waals surface area contributed by atoms with Gasteiger partial charge in [0.05, 0.1) is 13.6 Å². The molecule has 2 heterocycles. The standard InChI is InChI=1S/C19H23NSi/c1-19-16-8-6-5-7-13(16)11-18(20-19)15-10-9-14(12-17(15)19)21(2,3)4/h5-10,12,18,20H,11H2,1-4H3/t18-,19+/m1/s1. The first-order valence-electron chi connectivity index (χ1n) is 7.90. The summed E-state index contributed by atoms with van der Waals surface area (Å²) in [5.41, 5.74) is 5.99. The van der Waals surface area contributed by atoms with Crippen molar-refractivity contribution >= 4 is 13.3 Å². The maximum atomic E-state index is 3.88. The zero-order chi connectivity index (χ0) is 14.8. The van der Waals surface area contributed by atoms with Gasteiger partial charge in [-0.25, -0.2) is 0 Å². The van der Waals surface area contributed by atoms with Gasteiger partial charge in [0, 0.05) is 6.04 Å². The van der Waals surface area contributed by atoms with Crippen LogP contribution in [0.4, 0.5) is 0 Å². The molecule has 4 rings (SSSR count). The van der Waals surface area contributed by atoms with Gasteiger partial charge in [0.15, 0.2) is 0 Å². The summed E-state index contributed by atoms with van der Waals surface area (Å²) in [6, 6.07) is 16.7. The van der Waals surface area contributed by atoms with Crippen LogP contribution in [0.15, 0.2) is 42.5 Å². The van der Waals surface area contributed by atoms with Crippen molar-refractivity contribution in [3.63, 3.8) is 0 Å². The summed E-state index contributed by atoms with van der Waals surface area (Å²) >= 11 is 0. The molecule has 2 heteroatoms. The predicted molar refractivity (Wildman–Crippen MR) is 91.9 cm³/mol. The van der Waals surface area contributed by atoms with Crippen molar-refractivity contribution in [1.29, 1.82) is 0 Å². The van der Waals surface area contributed by atoms with Crippen LogP contribution < -0.4 is 10.5 Å². The zero-order valence-electron chi connectivity index (χ0n) is 13.3. The summed E-state index contributed by atoms with van der Waals surface area (Å²) in [6.07, 6.45) is 1.12. The van der Waals surface area contributed by atoms with Gasteiger partial charge in [-0.15, -0.1) is 0 Å². The van der Waals surface area contributed by atoms with Gasteiger partial charge in [0.2, 0.25) is 0 Å². The van der Waals surface area contributed by atoms with E-state index in [9.17, 15) is 0 Å². The van der Waals surface area contributed by atoms with Gasteiger partial charge in [-0.2, -0.15) is 0 Å². The first kappa shape index (κ1) is 13.3. The van der Waals surface area contributed by atoms with Gasteiger partial charge in [-0.1, -0.05) is 67.3 Å². The fourth-order valence-electron chi connectivity index (χ4n) is 4.05. The molecule has 2 aromatic rings. The molecule has 0 saturated heterocycles. The van der Waals surface area contributed by atoms with Crippen LogP contribution in [-0.2, 0) is 12.0 Å². The topological polar surface area (TPSA) is 12.0 Å². The van der Waals surface area contributed by atoms with Gasteiger partial charge < -0.3 is 0 Å². The second-order valence-electron chi connectivity index (χ2n) is 7.74. The van der Waals surface area contributed by atoms with E-state index in [-0.39, 0.29) is 5.54 Å². The number of benzene rings is 2. The molecular weight excluding hydrogens is 270 g/mol. The van der Waals surface area contributed by atoms with E-state index in [1.54, 1.807) is 5.19 Å². The number of nitrogens with one attached hydrogen (secondary N) is 1. The molecule has 2 atom stereocenters. The van der Waals surface area contributed by atoms with E-state index in [1.807, 2.05) is 0 Å². The van der Waals surface area contributed by atoms with E-state index in [2.05, 4.69) is 74.3 Å². The van der Waals surface area contributed by atoms with Crippen molar-refractivity contribution in [2.75, 3.05) is 0 Å². The van der Waals surface area contributed by atoms with E-state index < -0.39 is 8.07 Å². The Labute approximate surface area is 128 Å². The van der Waals surface area contributed by atoms with E-state index >= 15 is 0 Å². The highest BCUT2D eigenvalue weighted by atomic mass is 28.3. The second kappa shape index (κ2) is 4.08. The van der Waals surface area contributed by atoms with Gasteiger partial charge in [-0.3, -0.25) is 5.32 Å². The van der Waals surface area contributed by atoms with E-state index in [4.69, 9.17) is 0 Å². The highest BCUT2D eigenvalue weighted by molar-refractivity contribution is 6.88. The lowest BCUT2D eigenvalue weighted by atomic mass is 9.82. The summed E-state index contributed by atoms with van der Waals surface area (Å²) in [7, 11) is -1.27. The fourth-order valence-corrected chi connectivity index (χ4v) is 5.21. The van der Waals surface area contributed by atoms with E-state index in [0.29, 0.717) is 6.04 Å². The van der Waals surface area contributed by atoms with Crippen LogP contribution in [0, 0.1) is 0 Å². The number of hydrogen-bond acceptors (Lipinski definition) is 1. The minimum absolute atomic E-state index is 0.00942. The molecular formula is C19H23NSi. The normalized spacial score (nSPS) is 26.4. The Morgan fingerprint density at radius 1 is 1.05 bits per heavy atom. The van der Waals surface area contributed by atoms with Crippen LogP contribution in [0.25, 0.3) is 0 Å². The van der Waals surface area contributed by atoms with Gasteiger partial charge in [-0.05, 0) is 35.6 Å². The lowest BCUT2D eigenvalue weighted by molar-refractivity contribution is 0.389. The van der Waals surface area contributed by atoms with Crippen molar-refractivity contribution in [3.05, 3.63) is 64.7 Å². The third-order valence-corrected chi connectivity index (χ3v) is 7.32. The molecule has 2 bridgehead atoms. The van der Waals surface area contributed by atoms with Crippen LogP contribution in [0.3, 0.4) is 0 Å². The highest BCUT2D eigenvalue weighted by Gasteiger charge is 2.45. The molecule has 0 aliphatic carbocycles. The molecule has 0 spiro atoms. The predicted octanol–water partition coefficient (Wildman–Crippen LogP) is 3.70. The van der Waals surface area contributed by atoms with Crippen molar-refractivity contribution in [2.45, 2.75) is 44.6 Å². The van der Waals surface area contributed by atoms with Gasteiger partial charge in [0.1, 0.15) is 0 Å². The first-order chi connectivity index (χ1) is 9.89. The number of fused-ring (bicyclic) bond motifs is 7. The van der Waals surface area contributed by atoms with E-state index in [1.165, 1.54) is 22.3 Å². The summed E-state index contributed by atoms with van der Waals surface area (Å²) < 4.78 is 0. The molecule has 1 nitrogen and oxygen atoms in total. The lowest BCUT2D eigenvalue weighted by Gasteiger charge is -2.34. The van der Waals surface area contributed by atoms with Crippen LogP contribution in [-0.4, -0.2) is 8.07 Å². The monoisotopic (exact) mass is 293 g/mol. The average Bonchev–Trinajstić information content (AvgIpc) is 2.67. The Morgan fingerprint density at radius 3 is 2.57 bits per heavy atom. The minimum Gasteiger partial charge on any atom is -0.297 e. The summed E-state index contributed by atoms with van der Waals surface area (Å²) in [6.45, 7) is 9.65. The Balaban J connectivity index is 1.96. The molecule has 21 heavy (non-hydrogen) atoms. The Bertz CT molecular complexity index is 729. The summed E-state index contributed by atoms with van der Waals surface area (Å²) in [5, 5.41) is 5.45. The molecule has 0 unspecified atom stereocenters. The molecule has 2 aromatic carbocycles. The minimum atomic E-state index is -1.27. The first-order valence-corrected chi connectivity index (χ1v) is 11.4. The van der Waals surface area contributed by atoms with E-state index in [0.717, 1.165) is 6.42 Å². The molecule has 0 aromatic heterocycles. The largest absolute Gasteiger partial charge is 0.297 e. The quantitative estimate of drug-likeness (QED) is 0.791. The molecule has 0 radical (unpaired) electrons. The Hall–Kier alpha value is -1.38. The third kappa shape index (κ3) is 1.79. The van der Waals surface area contributed by atoms with Crippen LogP contribution in [0.5, 0.6) is 0 Å². The summed E-state index contributed by atoms with van der Waals surface area (Å²) in [5.74, 6) is 0. The Morgan fingerprint density at radius 2 is 1.81 bits per heavy atom. The van der Waals surface area contributed by atoms with Crippen molar-refractivity contribution in [2.24, 2.45) is 0 Å². The SMILES string of the molecule is C[C@]12N[C@H](Cc3ccccc31)c1ccc([Si](C)(C)C)cc12. The lowest BCUT2D eigenvalue weighted by Crippen LogP contribution is -2.42. The van der Waals surface area contributed by atoms with Crippen molar-refractivity contribution in [1.82, 2.24) is 5.32 Å². The highest BCUT2D eigenvalue weighted by Crippen LogP contribution is 2.47. The van der Waals surface area contributed by atoms with Gasteiger partial charge >= 0.3 is 0 Å². The van der Waals surface area contributed by atoms with Crippen LogP contribution in [0.2, 0.25) is 19.6 Å². The molecule has 2 aliphatic rings. The molecule has 1 N–H and O–H groups in total. The van der Waals surface area contributed by atoms with Crippen LogP contribution in [0.1, 0.15) is 35.2 Å². The average molecular weight is 293 g/mol. The summed E-state index contributed by atoms with van der Waals surface area (Å²) in [4.78, 5) is 0. The third-order valence-electron chi connectivity index (χ3n) is 5.28. The van der Waals surface area contributed by atoms with Crippen LogP contribution >= 0.6 is 0 Å².